The van der Waals surface area contributed by atoms with Crippen LogP contribution in [-0.2, 0) is 0 Å². The summed E-state index contributed by atoms with van der Waals surface area (Å²) in [5, 5.41) is 7.75. The van der Waals surface area contributed by atoms with E-state index in [2.05, 4.69) is 10.2 Å². The number of carbonyl (C=O) groups is 1. The van der Waals surface area contributed by atoms with E-state index in [4.69, 9.17) is 5.73 Å². The molecule has 1 heterocycles. The molecule has 19 heavy (non-hydrogen) atoms. The highest BCUT2D eigenvalue weighted by Crippen LogP contribution is 2.27. The molecule has 0 atom stereocenters. The Labute approximate surface area is 108 Å². The Hall–Kier alpha value is -2.69. The number of nitrogens with one attached hydrogen (secondary N) is 1. The van der Waals surface area contributed by atoms with Crippen molar-refractivity contribution >= 4 is 16.8 Å². The topological polar surface area (TPSA) is 71.8 Å². The number of benzene rings is 2. The van der Waals surface area contributed by atoms with Crippen molar-refractivity contribution in [3.05, 3.63) is 53.8 Å². The second-order valence-electron chi connectivity index (χ2n) is 4.21. The van der Waals surface area contributed by atoms with Gasteiger partial charge in [-0.05, 0) is 30.3 Å². The average Bonchev–Trinajstić information content (AvgIpc) is 2.81. The summed E-state index contributed by atoms with van der Waals surface area (Å²) in [5.74, 6) is -0.840. The summed E-state index contributed by atoms with van der Waals surface area (Å²) in [6.45, 7) is 0. The lowest BCUT2D eigenvalue weighted by molar-refractivity contribution is 0.100. The largest absolute Gasteiger partial charge is 0.366 e. The molecule has 0 aliphatic carbocycles. The van der Waals surface area contributed by atoms with Gasteiger partial charge in [0.05, 0.1) is 5.52 Å². The van der Waals surface area contributed by atoms with Crippen molar-refractivity contribution in [1.29, 1.82) is 0 Å². The number of halogens is 1. The fourth-order valence-electron chi connectivity index (χ4n) is 2.02. The summed E-state index contributed by atoms with van der Waals surface area (Å²) in [6, 6.07) is 11.1. The molecule has 0 bridgehead atoms. The first-order chi connectivity index (χ1) is 9.15. The number of amides is 1. The van der Waals surface area contributed by atoms with E-state index in [0.29, 0.717) is 16.8 Å². The number of hydrogen-bond acceptors (Lipinski definition) is 2. The minimum Gasteiger partial charge on any atom is -0.366 e. The van der Waals surface area contributed by atoms with Crippen LogP contribution in [0.15, 0.2) is 42.5 Å². The van der Waals surface area contributed by atoms with Crippen molar-refractivity contribution in [3.63, 3.8) is 0 Å². The van der Waals surface area contributed by atoms with Crippen molar-refractivity contribution in [2.45, 2.75) is 0 Å². The first-order valence-corrected chi connectivity index (χ1v) is 5.69. The predicted molar refractivity (Wildman–Crippen MR) is 70.0 cm³/mol. The maximum absolute atomic E-state index is 13.3. The van der Waals surface area contributed by atoms with Crippen molar-refractivity contribution in [3.8, 4) is 11.3 Å². The number of hydrogen-bond donors (Lipinski definition) is 2. The summed E-state index contributed by atoms with van der Waals surface area (Å²) in [5.41, 5.74) is 7.66. The first-order valence-electron chi connectivity index (χ1n) is 5.69. The number of rotatable bonds is 2. The van der Waals surface area contributed by atoms with Gasteiger partial charge in [-0.2, -0.15) is 5.10 Å². The maximum Gasteiger partial charge on any atom is 0.248 e. The molecule has 0 aliphatic rings. The van der Waals surface area contributed by atoms with Gasteiger partial charge in [-0.15, -0.1) is 0 Å². The summed E-state index contributed by atoms with van der Waals surface area (Å²) in [6.07, 6.45) is 0. The van der Waals surface area contributed by atoms with Crippen LogP contribution >= 0.6 is 0 Å². The Morgan fingerprint density at radius 1 is 1.21 bits per heavy atom. The zero-order valence-corrected chi connectivity index (χ0v) is 9.85. The van der Waals surface area contributed by atoms with E-state index in [1.54, 1.807) is 30.3 Å². The highest BCUT2D eigenvalue weighted by Gasteiger charge is 2.11. The Kier molecular flexibility index (Phi) is 2.52. The predicted octanol–water partition coefficient (Wildman–Crippen LogP) is 2.47. The molecule has 0 unspecified atom stereocenters. The molecular weight excluding hydrogens is 245 g/mol. The normalized spacial score (nSPS) is 10.8. The highest BCUT2D eigenvalue weighted by atomic mass is 19.1. The molecule has 0 spiro atoms. The van der Waals surface area contributed by atoms with Crippen molar-refractivity contribution < 1.29 is 9.18 Å². The third-order valence-electron chi connectivity index (χ3n) is 2.95. The second-order valence-corrected chi connectivity index (χ2v) is 4.21. The lowest BCUT2D eigenvalue weighted by Crippen LogP contribution is -2.10. The summed E-state index contributed by atoms with van der Waals surface area (Å²) < 4.78 is 13.3. The van der Waals surface area contributed by atoms with Gasteiger partial charge >= 0.3 is 0 Å². The standard InChI is InChI=1S/C14H10FN3O/c15-10-3-1-2-8(6-10)13-11-7-9(14(16)19)4-5-12(11)17-18-13/h1-7H,(H2,16,19)(H,17,18). The molecule has 3 aromatic rings. The molecule has 0 saturated heterocycles. The van der Waals surface area contributed by atoms with Crippen LogP contribution in [0.4, 0.5) is 4.39 Å². The van der Waals surface area contributed by atoms with Crippen LogP contribution in [0.3, 0.4) is 0 Å². The number of aromatic nitrogens is 2. The third-order valence-corrected chi connectivity index (χ3v) is 2.95. The number of H-pyrrole nitrogens is 1. The molecule has 0 aliphatic heterocycles. The minimum absolute atomic E-state index is 0.334. The highest BCUT2D eigenvalue weighted by molar-refractivity contribution is 6.00. The van der Waals surface area contributed by atoms with E-state index < -0.39 is 5.91 Å². The molecule has 94 valence electrons. The van der Waals surface area contributed by atoms with Crippen molar-refractivity contribution in [2.75, 3.05) is 0 Å². The monoisotopic (exact) mass is 255 g/mol. The van der Waals surface area contributed by atoms with Crippen molar-refractivity contribution in [1.82, 2.24) is 10.2 Å². The van der Waals surface area contributed by atoms with Gasteiger partial charge in [-0.1, -0.05) is 12.1 Å². The number of carbonyl (C=O) groups excluding carboxylic acids is 1. The Morgan fingerprint density at radius 2 is 2.05 bits per heavy atom. The Bertz CT molecular complexity index is 779. The molecule has 3 rings (SSSR count). The van der Waals surface area contributed by atoms with Gasteiger partial charge in [0, 0.05) is 16.5 Å². The van der Waals surface area contributed by atoms with Gasteiger partial charge in [0.1, 0.15) is 11.5 Å². The third kappa shape index (κ3) is 1.95. The van der Waals surface area contributed by atoms with Gasteiger partial charge < -0.3 is 5.73 Å². The molecule has 0 fully saturated rings. The lowest BCUT2D eigenvalue weighted by Gasteiger charge is -1.99. The quantitative estimate of drug-likeness (QED) is 0.738. The van der Waals surface area contributed by atoms with Crippen LogP contribution in [-0.4, -0.2) is 16.1 Å². The molecule has 0 saturated carbocycles. The Morgan fingerprint density at radius 3 is 2.79 bits per heavy atom. The van der Waals surface area contributed by atoms with Crippen LogP contribution in [0.2, 0.25) is 0 Å². The summed E-state index contributed by atoms with van der Waals surface area (Å²) >= 11 is 0. The van der Waals surface area contributed by atoms with E-state index >= 15 is 0 Å². The zero-order valence-electron chi connectivity index (χ0n) is 9.85. The molecule has 4 nitrogen and oxygen atoms in total. The Balaban J connectivity index is 2.24. The van der Waals surface area contributed by atoms with E-state index in [9.17, 15) is 9.18 Å². The van der Waals surface area contributed by atoms with Crippen LogP contribution < -0.4 is 5.73 Å². The zero-order chi connectivity index (χ0) is 13.4. The van der Waals surface area contributed by atoms with Crippen LogP contribution in [0.25, 0.3) is 22.2 Å². The molecule has 2 aromatic carbocycles. The van der Waals surface area contributed by atoms with Crippen LogP contribution in [0.1, 0.15) is 10.4 Å². The number of aromatic amines is 1. The SMILES string of the molecule is NC(=O)c1ccc2[nH]nc(-c3cccc(F)c3)c2c1. The van der Waals surface area contributed by atoms with E-state index in [1.165, 1.54) is 12.1 Å². The van der Waals surface area contributed by atoms with Crippen LogP contribution in [0.5, 0.6) is 0 Å². The van der Waals surface area contributed by atoms with Gasteiger partial charge in [0.2, 0.25) is 5.91 Å². The number of nitrogens with zero attached hydrogens (tertiary/aromatic N) is 1. The number of primary amides is 1. The first kappa shape index (κ1) is 11.4. The maximum atomic E-state index is 13.3. The lowest BCUT2D eigenvalue weighted by atomic mass is 10.1. The molecule has 3 N–H and O–H groups in total. The molecule has 0 radical (unpaired) electrons. The van der Waals surface area contributed by atoms with E-state index in [1.807, 2.05) is 0 Å². The fourth-order valence-corrected chi connectivity index (χ4v) is 2.02. The molecular formula is C14H10FN3O. The van der Waals surface area contributed by atoms with E-state index in [-0.39, 0.29) is 5.82 Å². The minimum atomic E-state index is -0.506. The van der Waals surface area contributed by atoms with Gasteiger partial charge in [-0.25, -0.2) is 4.39 Å². The molecule has 1 amide bonds. The van der Waals surface area contributed by atoms with Crippen molar-refractivity contribution in [2.24, 2.45) is 5.73 Å². The summed E-state index contributed by atoms with van der Waals surface area (Å²) in [7, 11) is 0. The number of nitrogens with two attached hydrogens (primary N) is 1. The fraction of sp³-hybridized carbons (Fsp3) is 0. The smallest absolute Gasteiger partial charge is 0.248 e. The second kappa shape index (κ2) is 4.20. The average molecular weight is 255 g/mol. The van der Waals surface area contributed by atoms with Gasteiger partial charge in [0.25, 0.3) is 0 Å². The molecule has 1 aromatic heterocycles. The number of fused-ring (bicyclic) bond motifs is 1. The summed E-state index contributed by atoms with van der Waals surface area (Å²) in [4.78, 5) is 11.2. The van der Waals surface area contributed by atoms with Crippen LogP contribution in [0, 0.1) is 5.82 Å². The van der Waals surface area contributed by atoms with Gasteiger partial charge in [-0.3, -0.25) is 9.89 Å². The van der Waals surface area contributed by atoms with Gasteiger partial charge in [0.15, 0.2) is 0 Å². The molecule has 5 heteroatoms. The van der Waals surface area contributed by atoms with E-state index in [0.717, 1.165) is 10.9 Å².